The number of para-hydroxylation sites is 1. The smallest absolute Gasteiger partial charge is 0.291 e. The summed E-state index contributed by atoms with van der Waals surface area (Å²) in [6, 6.07) is 15.1. The summed E-state index contributed by atoms with van der Waals surface area (Å²) in [6.45, 7) is 2.50. The van der Waals surface area contributed by atoms with Crippen molar-refractivity contribution in [3.05, 3.63) is 59.4 Å². The Balaban J connectivity index is 2.27. The highest BCUT2D eigenvalue weighted by Gasteiger charge is 2.18. The van der Waals surface area contributed by atoms with Crippen molar-refractivity contribution in [1.29, 1.82) is 0 Å². The molecule has 0 atom stereocenters. The molecule has 0 aliphatic rings. The molecule has 0 saturated heterocycles. The third kappa shape index (κ3) is 2.90. The quantitative estimate of drug-likeness (QED) is 0.730. The van der Waals surface area contributed by atoms with Crippen LogP contribution in [0.3, 0.4) is 0 Å². The van der Waals surface area contributed by atoms with Crippen LogP contribution in [-0.2, 0) is 0 Å². The molecule has 23 heavy (non-hydrogen) atoms. The maximum absolute atomic E-state index is 12.5. The normalized spacial score (nSPS) is 10.7. The zero-order valence-corrected chi connectivity index (χ0v) is 13.7. The fraction of sp³-hybridized carbons (Fsp3) is 0.167. The molecule has 3 aromatic rings. The summed E-state index contributed by atoms with van der Waals surface area (Å²) in [7, 11) is 1.73. The molecule has 0 aliphatic carbocycles. The number of nitrogens with zero attached hydrogens (tertiary/aromatic N) is 3. The van der Waals surface area contributed by atoms with Crippen molar-refractivity contribution < 1.29 is 4.79 Å². The molecule has 0 aliphatic heterocycles. The van der Waals surface area contributed by atoms with E-state index in [0.717, 1.165) is 16.5 Å². The number of halogens is 1. The van der Waals surface area contributed by atoms with E-state index in [4.69, 9.17) is 11.6 Å². The van der Waals surface area contributed by atoms with Gasteiger partial charge in [-0.05, 0) is 19.1 Å². The van der Waals surface area contributed by atoms with Gasteiger partial charge in [0.25, 0.3) is 5.91 Å². The Bertz CT molecular complexity index is 879. The highest BCUT2D eigenvalue weighted by atomic mass is 35.5. The standard InChI is InChI=1S/C18H16ClN3O/c1-3-22(2)18(23)17-20-15-11-7-5-9-13(15)16(21-17)12-8-4-6-10-14(12)19/h4-11H,3H2,1-2H3. The predicted octanol–water partition coefficient (Wildman–Crippen LogP) is 4.04. The maximum Gasteiger partial charge on any atom is 0.291 e. The Hall–Kier alpha value is -2.46. The molecular weight excluding hydrogens is 310 g/mol. The van der Waals surface area contributed by atoms with Gasteiger partial charge in [-0.1, -0.05) is 48.0 Å². The molecule has 0 bridgehead atoms. The first-order valence-corrected chi connectivity index (χ1v) is 7.76. The zero-order chi connectivity index (χ0) is 16.4. The SMILES string of the molecule is CCN(C)C(=O)c1nc(-c2ccccc2Cl)c2ccccc2n1. The number of carbonyl (C=O) groups is 1. The second-order valence-electron chi connectivity index (χ2n) is 5.21. The van der Waals surface area contributed by atoms with E-state index < -0.39 is 0 Å². The van der Waals surface area contributed by atoms with Crippen LogP contribution in [0.2, 0.25) is 5.02 Å². The van der Waals surface area contributed by atoms with Crippen molar-refractivity contribution in [2.24, 2.45) is 0 Å². The van der Waals surface area contributed by atoms with E-state index in [-0.39, 0.29) is 11.7 Å². The number of rotatable bonds is 3. The molecule has 0 spiro atoms. The third-order valence-electron chi connectivity index (χ3n) is 3.74. The van der Waals surface area contributed by atoms with Gasteiger partial charge in [0.1, 0.15) is 0 Å². The van der Waals surface area contributed by atoms with Crippen LogP contribution in [0, 0.1) is 0 Å². The van der Waals surface area contributed by atoms with Crippen LogP contribution < -0.4 is 0 Å². The first kappa shape index (κ1) is 15.4. The second kappa shape index (κ2) is 6.34. The minimum absolute atomic E-state index is 0.183. The third-order valence-corrected chi connectivity index (χ3v) is 4.07. The molecule has 0 unspecified atom stereocenters. The fourth-order valence-electron chi connectivity index (χ4n) is 2.35. The van der Waals surface area contributed by atoms with Crippen molar-refractivity contribution in [1.82, 2.24) is 14.9 Å². The predicted molar refractivity (Wildman–Crippen MR) is 92.6 cm³/mol. The molecule has 3 rings (SSSR count). The van der Waals surface area contributed by atoms with E-state index in [2.05, 4.69) is 9.97 Å². The molecule has 1 amide bonds. The van der Waals surface area contributed by atoms with E-state index in [1.807, 2.05) is 55.5 Å². The van der Waals surface area contributed by atoms with E-state index >= 15 is 0 Å². The lowest BCUT2D eigenvalue weighted by atomic mass is 10.1. The van der Waals surface area contributed by atoms with Crippen LogP contribution >= 0.6 is 11.6 Å². The number of hydrogen-bond donors (Lipinski definition) is 0. The van der Waals surface area contributed by atoms with Crippen molar-refractivity contribution in [2.45, 2.75) is 6.92 Å². The van der Waals surface area contributed by atoms with Gasteiger partial charge in [0.15, 0.2) is 0 Å². The molecule has 116 valence electrons. The van der Waals surface area contributed by atoms with Gasteiger partial charge >= 0.3 is 0 Å². The molecule has 0 radical (unpaired) electrons. The number of hydrogen-bond acceptors (Lipinski definition) is 3. The van der Waals surface area contributed by atoms with Crippen molar-refractivity contribution >= 4 is 28.4 Å². The van der Waals surface area contributed by atoms with Gasteiger partial charge in [-0.25, -0.2) is 9.97 Å². The molecule has 0 fully saturated rings. The highest BCUT2D eigenvalue weighted by molar-refractivity contribution is 6.33. The van der Waals surface area contributed by atoms with E-state index in [0.29, 0.717) is 17.3 Å². The Morgan fingerprint density at radius 2 is 1.78 bits per heavy atom. The largest absolute Gasteiger partial charge is 0.339 e. The van der Waals surface area contributed by atoms with Crippen LogP contribution in [0.15, 0.2) is 48.5 Å². The molecule has 0 saturated carbocycles. The first-order chi connectivity index (χ1) is 11.1. The minimum atomic E-state index is -0.202. The lowest BCUT2D eigenvalue weighted by molar-refractivity contribution is 0.0791. The fourth-order valence-corrected chi connectivity index (χ4v) is 2.57. The molecule has 5 heteroatoms. The van der Waals surface area contributed by atoms with Gasteiger partial charge < -0.3 is 4.90 Å². The average molecular weight is 326 g/mol. The van der Waals surface area contributed by atoms with Crippen LogP contribution in [0.1, 0.15) is 17.5 Å². The van der Waals surface area contributed by atoms with Crippen LogP contribution in [-0.4, -0.2) is 34.4 Å². The number of fused-ring (bicyclic) bond motifs is 1. The second-order valence-corrected chi connectivity index (χ2v) is 5.62. The lowest BCUT2D eigenvalue weighted by Crippen LogP contribution is -2.28. The monoisotopic (exact) mass is 325 g/mol. The lowest BCUT2D eigenvalue weighted by Gasteiger charge is -2.15. The summed E-state index contributed by atoms with van der Waals surface area (Å²) in [5.41, 5.74) is 2.19. The van der Waals surface area contributed by atoms with Gasteiger partial charge in [-0.2, -0.15) is 0 Å². The van der Waals surface area contributed by atoms with Gasteiger partial charge in [0.2, 0.25) is 5.82 Å². The van der Waals surface area contributed by atoms with E-state index in [9.17, 15) is 4.79 Å². The Labute approximate surface area is 139 Å². The summed E-state index contributed by atoms with van der Waals surface area (Å²) < 4.78 is 0. The molecule has 4 nitrogen and oxygen atoms in total. The van der Waals surface area contributed by atoms with Gasteiger partial charge in [-0.3, -0.25) is 4.79 Å². The van der Waals surface area contributed by atoms with Crippen LogP contribution in [0.25, 0.3) is 22.2 Å². The summed E-state index contributed by atoms with van der Waals surface area (Å²) in [6.07, 6.45) is 0. The Morgan fingerprint density at radius 3 is 2.52 bits per heavy atom. The molecule has 1 aromatic heterocycles. The van der Waals surface area contributed by atoms with Gasteiger partial charge in [0.05, 0.1) is 11.2 Å². The Kier molecular flexibility index (Phi) is 4.26. The highest BCUT2D eigenvalue weighted by Crippen LogP contribution is 2.31. The molecule has 1 heterocycles. The topological polar surface area (TPSA) is 46.1 Å². The number of benzene rings is 2. The average Bonchev–Trinajstić information content (AvgIpc) is 2.60. The zero-order valence-electron chi connectivity index (χ0n) is 13.0. The van der Waals surface area contributed by atoms with Crippen LogP contribution in [0.5, 0.6) is 0 Å². The van der Waals surface area contributed by atoms with Crippen molar-refractivity contribution in [3.63, 3.8) is 0 Å². The van der Waals surface area contributed by atoms with Gasteiger partial charge in [0, 0.05) is 29.6 Å². The molecule has 2 aromatic carbocycles. The summed E-state index contributed by atoms with van der Waals surface area (Å²) in [5, 5.41) is 1.47. The van der Waals surface area contributed by atoms with E-state index in [1.54, 1.807) is 11.9 Å². The summed E-state index contributed by atoms with van der Waals surface area (Å²) >= 11 is 6.33. The molecule has 0 N–H and O–H groups in total. The molecular formula is C18H16ClN3O. The van der Waals surface area contributed by atoms with Crippen LogP contribution in [0.4, 0.5) is 0 Å². The maximum atomic E-state index is 12.5. The minimum Gasteiger partial charge on any atom is -0.339 e. The van der Waals surface area contributed by atoms with Crippen molar-refractivity contribution in [3.8, 4) is 11.3 Å². The summed E-state index contributed by atoms with van der Waals surface area (Å²) in [5.74, 6) is -0.0190. The Morgan fingerprint density at radius 1 is 1.09 bits per heavy atom. The summed E-state index contributed by atoms with van der Waals surface area (Å²) in [4.78, 5) is 23.0. The number of aromatic nitrogens is 2. The van der Waals surface area contributed by atoms with Crippen molar-refractivity contribution in [2.75, 3.05) is 13.6 Å². The number of amides is 1. The number of carbonyl (C=O) groups excluding carboxylic acids is 1. The van der Waals surface area contributed by atoms with E-state index in [1.165, 1.54) is 0 Å². The van der Waals surface area contributed by atoms with Gasteiger partial charge in [-0.15, -0.1) is 0 Å². The first-order valence-electron chi connectivity index (χ1n) is 7.39.